The number of amides is 5. The monoisotopic (exact) mass is 1780 g/mol. The van der Waals surface area contributed by atoms with Crippen molar-refractivity contribution in [2.24, 2.45) is 14.1 Å². The highest BCUT2D eigenvalue weighted by atomic mass is 19.1. The fourth-order valence-electron chi connectivity index (χ4n) is 17.6. The fraction of sp³-hybridized carbons (Fsp3) is 0.372. The number of ether oxygens (including phenoxy) is 2. The van der Waals surface area contributed by atoms with Crippen LogP contribution in [-0.2, 0) is 49.7 Å². The van der Waals surface area contributed by atoms with Crippen molar-refractivity contribution in [1.29, 1.82) is 0 Å². The Kier molecular flexibility index (Phi) is 28.3. The Balaban J connectivity index is 0.000000134. The number of aromatic nitrogens is 8. The molecule has 130 heavy (non-hydrogen) atoms. The van der Waals surface area contributed by atoms with E-state index >= 15 is 17.6 Å². The lowest BCUT2D eigenvalue weighted by Crippen LogP contribution is -2.43. The van der Waals surface area contributed by atoms with E-state index in [2.05, 4.69) is 173 Å². The minimum absolute atomic E-state index is 0.00297. The number of piperidine rings is 4. The minimum atomic E-state index is -0.523. The van der Waals surface area contributed by atoms with Gasteiger partial charge in [-0.3, -0.25) is 33.3 Å². The van der Waals surface area contributed by atoms with Crippen LogP contribution in [0, 0.1) is 23.3 Å². The highest BCUT2D eigenvalue weighted by Gasteiger charge is 2.38. The van der Waals surface area contributed by atoms with Crippen LogP contribution in [-0.4, -0.2) is 222 Å². The van der Waals surface area contributed by atoms with Gasteiger partial charge in [0.25, 0.3) is 29.5 Å². The molecule has 18 rings (SSSR count). The van der Waals surface area contributed by atoms with Crippen LogP contribution in [0.5, 0.6) is 0 Å². The van der Waals surface area contributed by atoms with E-state index in [4.69, 9.17) is 9.47 Å². The largest absolute Gasteiger partial charge is 0.378 e. The Morgan fingerprint density at radius 3 is 1.15 bits per heavy atom. The summed E-state index contributed by atoms with van der Waals surface area (Å²) in [6.07, 6.45) is 21.0. The molecule has 36 heteroatoms. The standard InChI is InChI=1S/C27H31FN6O3.C27H33FN6O2.C20H24FN7O.C20H23FN6O/c1-3-17(2)34-10-4-5-20(16-34)31-25-23(28)21-15-29-26(35)22(21)24(32-25)30-19-8-6-18(7-9-19)27(36)33-11-13-37-14-12-33;1-4-17(2)33-11-5-6-20(15-33)31-26-24(28)22-14-29-27(35)23(22)25(32-26)30-19-7-9-21(10-8-19)34-12-13-36-16-18(34)3;1-4-12(2)28-7-5-6-13(11-28)24-19-17(21)15-9-22-20(29)16(15)18(26-19)25-14-8-23-27(3)10-14;1-4-12(2)27-7-5-6-14(11-27)24-19-17(21)15-9-22-20(28)16(15)18(25-19)13-8-23-26(3)10-13/h3,6-9,20H,1-2,4-5,10-16H2,(H,29,35)(H2,30,31,32);4,7-10,18,20H,1-2,5-6,11-16H2,3H3,(H,29,35)(H2,30,31,32);4,8,10,13H,1-2,5-7,9,11H2,3H3,(H,22,29)(H2,24,25,26);4,8,10,14H,1-2,5-7,9,11H2,3H3,(H,22,28)(H,24,25)/t;;13-;14-/m..10/s1. The zero-order valence-corrected chi connectivity index (χ0v) is 73.5. The molecule has 3 unspecified atom stereocenters. The molecule has 682 valence electrons. The third-order valence-electron chi connectivity index (χ3n) is 24.6. The Morgan fingerprint density at radius 1 is 0.431 bits per heavy atom. The molecule has 0 saturated carbocycles. The van der Waals surface area contributed by atoms with E-state index in [1.165, 1.54) is 0 Å². The molecule has 0 bridgehead atoms. The molecule has 0 aliphatic carbocycles. The van der Waals surface area contributed by atoms with Gasteiger partial charge in [0.15, 0.2) is 46.5 Å². The highest BCUT2D eigenvalue weighted by molar-refractivity contribution is 6.06. The number of pyridine rings is 4. The van der Waals surface area contributed by atoms with Gasteiger partial charge in [0.1, 0.15) is 17.5 Å². The van der Waals surface area contributed by atoms with E-state index in [0.717, 1.165) is 118 Å². The lowest BCUT2D eigenvalue weighted by molar-refractivity contribution is 0.0303. The van der Waals surface area contributed by atoms with Crippen molar-refractivity contribution in [3.05, 3.63) is 246 Å². The highest BCUT2D eigenvalue weighted by Crippen LogP contribution is 2.39. The predicted molar refractivity (Wildman–Crippen MR) is 494 cm³/mol. The molecule has 0 spiro atoms. The summed E-state index contributed by atoms with van der Waals surface area (Å²) in [6, 6.07) is 15.3. The number of carbonyl (C=O) groups is 5. The fourth-order valence-corrected chi connectivity index (χ4v) is 17.6. The van der Waals surface area contributed by atoms with Gasteiger partial charge in [0.05, 0.1) is 72.5 Å². The topological polar surface area (TPSA) is 343 Å². The number of nitrogens with zero attached hydrogens (tertiary/aromatic N) is 14. The number of aryl methyl sites for hydroxylation is 2. The van der Waals surface area contributed by atoms with Crippen LogP contribution in [0.3, 0.4) is 0 Å². The second-order valence-corrected chi connectivity index (χ2v) is 33.5. The Morgan fingerprint density at radius 2 is 0.785 bits per heavy atom. The van der Waals surface area contributed by atoms with E-state index in [9.17, 15) is 24.0 Å². The van der Waals surface area contributed by atoms with Gasteiger partial charge in [-0.05, 0) is 131 Å². The van der Waals surface area contributed by atoms with E-state index in [0.29, 0.717) is 134 Å². The van der Waals surface area contributed by atoms with Crippen molar-refractivity contribution in [2.75, 3.05) is 141 Å². The van der Waals surface area contributed by atoms with Crippen molar-refractivity contribution in [2.45, 2.75) is 115 Å². The molecule has 5 amide bonds. The number of carbonyl (C=O) groups excluding carboxylic acids is 5. The molecule has 11 N–H and O–H groups in total. The van der Waals surface area contributed by atoms with Crippen molar-refractivity contribution < 1.29 is 51.0 Å². The van der Waals surface area contributed by atoms with Gasteiger partial charge in [-0.15, -0.1) is 0 Å². The van der Waals surface area contributed by atoms with Crippen LogP contribution in [0.2, 0.25) is 0 Å². The summed E-state index contributed by atoms with van der Waals surface area (Å²) in [4.78, 5) is 92.9. The van der Waals surface area contributed by atoms with Gasteiger partial charge in [-0.1, -0.05) is 52.6 Å². The number of hydrogen-bond acceptors (Lipinski definition) is 25. The van der Waals surface area contributed by atoms with Gasteiger partial charge >= 0.3 is 0 Å². The molecule has 2 aromatic carbocycles. The molecule has 0 radical (unpaired) electrons. The Labute approximate surface area is 752 Å². The van der Waals surface area contributed by atoms with Crippen molar-refractivity contribution in [1.82, 2.24) is 85.3 Å². The van der Waals surface area contributed by atoms with Crippen LogP contribution in [0.4, 0.5) is 81.0 Å². The SMILES string of the molecule is C=CC(=C)N1CCCC(Nc2nc(Nc3ccc(C(=O)N4CCOCC4)cc3)c3c(c2F)CNC3=O)C1.C=CC(=C)N1CCCC(Nc2nc(Nc3ccc(N4CCOCC4C)cc3)c3c(c2F)CNC3=O)C1.C=CC(=C)N1CCC[C@@H](Nc2nc(Nc3cnn(C)c3)c3c(c2F)CNC3=O)C1.C=CC(=C)N1CCC[C@H](Nc2nc(-c3cnn(C)c3)c3c(c2F)CNC3=O)C1. The first kappa shape index (κ1) is 90.7. The van der Waals surface area contributed by atoms with Gasteiger partial charge in [-0.2, -0.15) is 10.2 Å². The Hall–Kier alpha value is -14.0. The summed E-state index contributed by atoms with van der Waals surface area (Å²) in [5, 5.41) is 41.6. The van der Waals surface area contributed by atoms with Gasteiger partial charge in [0.2, 0.25) is 0 Å². The van der Waals surface area contributed by atoms with E-state index in [1.807, 2.05) is 24.3 Å². The summed E-state index contributed by atoms with van der Waals surface area (Å²) < 4.78 is 75.2. The maximum absolute atomic E-state index is 15.4. The molecule has 10 aliphatic rings. The molecule has 8 aromatic rings. The van der Waals surface area contributed by atoms with Crippen LogP contribution >= 0.6 is 0 Å². The van der Waals surface area contributed by atoms with E-state index in [-0.39, 0.29) is 131 Å². The van der Waals surface area contributed by atoms with Crippen molar-refractivity contribution >= 4 is 93.0 Å². The number of fused-ring (bicyclic) bond motifs is 4. The maximum Gasteiger partial charge on any atom is 0.255 e. The molecule has 5 atom stereocenters. The zero-order chi connectivity index (χ0) is 91.6. The molecular formula is C94H111F4N25O7. The molecule has 6 fully saturated rings. The number of rotatable bonds is 25. The summed E-state index contributed by atoms with van der Waals surface area (Å²) >= 11 is 0. The molecule has 16 heterocycles. The minimum Gasteiger partial charge on any atom is -0.378 e. The van der Waals surface area contributed by atoms with Crippen molar-refractivity contribution in [3.8, 4) is 11.3 Å². The number of morpholine rings is 2. The quantitative estimate of drug-likeness (QED) is 0.0187. The second kappa shape index (κ2) is 40.5. The lowest BCUT2D eigenvalue weighted by Gasteiger charge is -2.35. The smallest absolute Gasteiger partial charge is 0.255 e. The second-order valence-electron chi connectivity index (χ2n) is 33.5. The van der Waals surface area contributed by atoms with Gasteiger partial charge < -0.3 is 97.4 Å². The van der Waals surface area contributed by atoms with Crippen molar-refractivity contribution in [3.63, 3.8) is 0 Å². The maximum atomic E-state index is 15.4. The first-order valence-electron chi connectivity index (χ1n) is 43.9. The molecule has 32 nitrogen and oxygen atoms in total. The van der Waals surface area contributed by atoms with E-state index in [1.54, 1.807) is 102 Å². The summed E-state index contributed by atoms with van der Waals surface area (Å²) in [5.74, 6) is -1.86. The third-order valence-corrected chi connectivity index (χ3v) is 24.6. The molecular weight excluding hydrogens is 1670 g/mol. The first-order valence-corrected chi connectivity index (χ1v) is 43.9. The predicted octanol–water partition coefficient (Wildman–Crippen LogP) is 12.2. The van der Waals surface area contributed by atoms with Gasteiger partial charge in [-0.25, -0.2) is 37.5 Å². The number of halogens is 4. The van der Waals surface area contributed by atoms with Crippen LogP contribution in [0.15, 0.2) is 173 Å². The molecule has 10 aliphatic heterocycles. The van der Waals surface area contributed by atoms with Crippen LogP contribution < -0.4 is 63.4 Å². The lowest BCUT2D eigenvalue weighted by atomic mass is 10.0. The number of hydrogen-bond donors (Lipinski definition) is 11. The Bertz CT molecular complexity index is 5720. The zero-order valence-electron chi connectivity index (χ0n) is 73.5. The van der Waals surface area contributed by atoms with Gasteiger partial charge in [0, 0.05) is 228 Å². The number of likely N-dealkylation sites (tertiary alicyclic amines) is 4. The molecule has 6 aromatic heterocycles. The average molecular weight is 1780 g/mol. The summed E-state index contributed by atoms with van der Waals surface area (Å²) in [6.45, 7) is 44.6. The normalized spacial score (nSPS) is 19.5. The average Bonchev–Trinajstić information content (AvgIpc) is 1.61. The molecule has 6 saturated heterocycles. The number of benzene rings is 2. The van der Waals surface area contributed by atoms with E-state index < -0.39 is 23.3 Å². The number of anilines is 11. The number of allylic oxidation sites excluding steroid dienone is 4. The summed E-state index contributed by atoms with van der Waals surface area (Å²) in [7, 11) is 3.58. The number of nitrogens with one attached hydrogen (secondary N) is 11. The first-order chi connectivity index (χ1) is 62.8. The van der Waals surface area contributed by atoms with Crippen LogP contribution in [0.25, 0.3) is 11.3 Å². The summed E-state index contributed by atoms with van der Waals surface area (Å²) in [5.41, 5.74) is 10.6. The van der Waals surface area contributed by atoms with Crippen LogP contribution in [0.1, 0.15) is 132 Å². The third kappa shape index (κ3) is 20.4.